The molecule has 2 aromatic rings. The number of carboxylic acid groups (broad SMARTS) is 2. The van der Waals surface area contributed by atoms with Gasteiger partial charge in [0.05, 0.1) is 64.2 Å². The molecule has 0 aliphatic carbocycles. The SMILES string of the molecule is CC(c1cccc(C(=O)O)n1)N1CCOCCOCCN(Cc2cccc(C(=O)O)n2)CCOCCOCC1.[CH3+]. The predicted octanol–water partition coefficient (Wildman–Crippen LogP) is 2.27. The molecule has 220 valence electrons. The zero-order valence-corrected chi connectivity index (χ0v) is 23.4. The molecule has 0 aromatic carbocycles. The van der Waals surface area contributed by atoms with Gasteiger partial charge in [-0.2, -0.15) is 0 Å². The van der Waals surface area contributed by atoms with Gasteiger partial charge in [0.1, 0.15) is 11.4 Å². The fraction of sp³-hybridized carbons (Fsp3) is 0.536. The van der Waals surface area contributed by atoms with Crippen LogP contribution < -0.4 is 0 Å². The first-order chi connectivity index (χ1) is 18.9. The van der Waals surface area contributed by atoms with Gasteiger partial charge >= 0.3 is 11.9 Å². The van der Waals surface area contributed by atoms with Crippen molar-refractivity contribution in [1.82, 2.24) is 19.8 Å². The molecule has 1 aliphatic rings. The average Bonchev–Trinajstić information content (AvgIpc) is 2.93. The van der Waals surface area contributed by atoms with E-state index in [1.165, 1.54) is 12.1 Å². The zero-order chi connectivity index (χ0) is 27.9. The van der Waals surface area contributed by atoms with E-state index in [1.54, 1.807) is 12.1 Å². The minimum atomic E-state index is -1.05. The largest absolute Gasteiger partial charge is 0.477 e. The summed E-state index contributed by atoms with van der Waals surface area (Å²) in [6.07, 6.45) is 0. The summed E-state index contributed by atoms with van der Waals surface area (Å²) in [6.45, 7) is 8.68. The topological polar surface area (TPSA) is 144 Å². The Morgan fingerprint density at radius 2 is 1.23 bits per heavy atom. The van der Waals surface area contributed by atoms with Crippen molar-refractivity contribution in [2.45, 2.75) is 19.5 Å². The second-order valence-electron chi connectivity index (χ2n) is 9.01. The molecule has 1 atom stereocenters. The Hall–Kier alpha value is -3.13. The minimum Gasteiger partial charge on any atom is -0.477 e. The molecule has 3 heterocycles. The second-order valence-corrected chi connectivity index (χ2v) is 9.01. The third-order valence-corrected chi connectivity index (χ3v) is 6.27. The fourth-order valence-electron chi connectivity index (χ4n) is 4.07. The van der Waals surface area contributed by atoms with Gasteiger partial charge in [0, 0.05) is 46.2 Å². The van der Waals surface area contributed by atoms with Crippen LogP contribution in [0.5, 0.6) is 0 Å². The van der Waals surface area contributed by atoms with Gasteiger partial charge in [-0.15, -0.1) is 0 Å². The molecule has 0 radical (unpaired) electrons. The molecule has 1 fully saturated rings. The van der Waals surface area contributed by atoms with Crippen molar-refractivity contribution >= 4 is 11.9 Å². The molecule has 2 aromatic heterocycles. The molecular formula is C28H41N4O8+. The summed E-state index contributed by atoms with van der Waals surface area (Å²) in [5.74, 6) is -2.10. The maximum Gasteiger partial charge on any atom is 0.354 e. The van der Waals surface area contributed by atoms with Crippen molar-refractivity contribution in [2.75, 3.05) is 79.0 Å². The summed E-state index contributed by atoms with van der Waals surface area (Å²) in [7, 11) is 0. The van der Waals surface area contributed by atoms with E-state index in [9.17, 15) is 19.8 Å². The van der Waals surface area contributed by atoms with Gasteiger partial charge in [-0.25, -0.2) is 19.6 Å². The van der Waals surface area contributed by atoms with E-state index >= 15 is 0 Å². The van der Waals surface area contributed by atoms with E-state index < -0.39 is 11.9 Å². The Bertz CT molecular complexity index is 1020. The first-order valence-electron chi connectivity index (χ1n) is 13.1. The monoisotopic (exact) mass is 561 g/mol. The van der Waals surface area contributed by atoms with E-state index in [0.29, 0.717) is 97.0 Å². The van der Waals surface area contributed by atoms with E-state index in [2.05, 4.69) is 19.8 Å². The number of aromatic carboxylic acids is 2. The first-order valence-corrected chi connectivity index (χ1v) is 13.1. The summed E-state index contributed by atoms with van der Waals surface area (Å²) in [5.41, 5.74) is 1.39. The van der Waals surface area contributed by atoms with Crippen LogP contribution in [0.2, 0.25) is 0 Å². The highest BCUT2D eigenvalue weighted by atomic mass is 16.5. The van der Waals surface area contributed by atoms with Crippen molar-refractivity contribution in [2.24, 2.45) is 0 Å². The third kappa shape index (κ3) is 11.5. The molecule has 0 spiro atoms. The van der Waals surface area contributed by atoms with Crippen LogP contribution >= 0.6 is 0 Å². The fourth-order valence-corrected chi connectivity index (χ4v) is 4.07. The Morgan fingerprint density at radius 1 is 0.750 bits per heavy atom. The Labute approximate surface area is 235 Å². The summed E-state index contributed by atoms with van der Waals surface area (Å²) in [6, 6.07) is 9.88. The second kappa shape index (κ2) is 18.3. The van der Waals surface area contributed by atoms with Gasteiger partial charge in [0.25, 0.3) is 0 Å². The number of aromatic nitrogens is 2. The van der Waals surface area contributed by atoms with Gasteiger partial charge in [0.2, 0.25) is 0 Å². The minimum absolute atomic E-state index is 0. The Balaban J connectivity index is 0.00000560. The van der Waals surface area contributed by atoms with E-state index in [0.717, 1.165) is 0 Å². The number of hydrogen-bond donors (Lipinski definition) is 2. The molecule has 0 amide bonds. The van der Waals surface area contributed by atoms with Gasteiger partial charge in [0.15, 0.2) is 0 Å². The van der Waals surface area contributed by atoms with Crippen molar-refractivity contribution < 1.29 is 38.7 Å². The van der Waals surface area contributed by atoms with Crippen LogP contribution in [0.25, 0.3) is 0 Å². The molecule has 12 heteroatoms. The summed E-state index contributed by atoms with van der Waals surface area (Å²) in [5, 5.41) is 18.5. The van der Waals surface area contributed by atoms with Crippen molar-refractivity contribution in [3.63, 3.8) is 0 Å². The van der Waals surface area contributed by atoms with Crippen molar-refractivity contribution in [3.8, 4) is 0 Å². The number of nitrogens with zero attached hydrogens (tertiary/aromatic N) is 4. The Kier molecular flexibility index (Phi) is 15.1. The average molecular weight is 562 g/mol. The number of pyridine rings is 2. The predicted molar refractivity (Wildman–Crippen MR) is 147 cm³/mol. The molecule has 12 nitrogen and oxygen atoms in total. The maximum atomic E-state index is 11.3. The van der Waals surface area contributed by atoms with Crippen LogP contribution in [0.4, 0.5) is 0 Å². The van der Waals surface area contributed by atoms with E-state index in [-0.39, 0.29) is 24.9 Å². The molecule has 0 saturated carbocycles. The smallest absolute Gasteiger partial charge is 0.354 e. The third-order valence-electron chi connectivity index (χ3n) is 6.27. The molecular weight excluding hydrogens is 520 g/mol. The number of ether oxygens (including phenoxy) is 4. The number of rotatable bonds is 6. The van der Waals surface area contributed by atoms with Gasteiger partial charge in [-0.3, -0.25) is 9.80 Å². The van der Waals surface area contributed by atoms with Crippen LogP contribution in [-0.4, -0.2) is 121 Å². The highest BCUT2D eigenvalue weighted by molar-refractivity contribution is 5.85. The molecule has 0 bridgehead atoms. The molecule has 1 aliphatic heterocycles. The van der Waals surface area contributed by atoms with Gasteiger partial charge < -0.3 is 29.2 Å². The molecule has 1 saturated heterocycles. The molecule has 2 N–H and O–H groups in total. The lowest BCUT2D eigenvalue weighted by molar-refractivity contribution is 0.00214. The lowest BCUT2D eigenvalue weighted by Crippen LogP contribution is -2.35. The van der Waals surface area contributed by atoms with Crippen LogP contribution in [-0.2, 0) is 25.5 Å². The highest BCUT2D eigenvalue weighted by Gasteiger charge is 2.18. The molecule has 1 unspecified atom stereocenters. The van der Waals surface area contributed by atoms with E-state index in [4.69, 9.17) is 18.9 Å². The van der Waals surface area contributed by atoms with Crippen molar-refractivity contribution in [1.29, 1.82) is 0 Å². The van der Waals surface area contributed by atoms with Gasteiger partial charge in [-0.1, -0.05) is 12.1 Å². The van der Waals surface area contributed by atoms with Crippen LogP contribution in [0.3, 0.4) is 0 Å². The number of carboxylic acids is 2. The van der Waals surface area contributed by atoms with Crippen molar-refractivity contribution in [3.05, 3.63) is 66.6 Å². The molecule has 40 heavy (non-hydrogen) atoms. The number of carbonyl (C=O) groups is 2. The zero-order valence-electron chi connectivity index (χ0n) is 23.4. The number of hydrogen-bond acceptors (Lipinski definition) is 10. The normalized spacial score (nSPS) is 18.5. The van der Waals surface area contributed by atoms with Crippen LogP contribution in [0, 0.1) is 7.43 Å². The summed E-state index contributed by atoms with van der Waals surface area (Å²) < 4.78 is 23.1. The summed E-state index contributed by atoms with van der Waals surface area (Å²) in [4.78, 5) is 35.4. The lowest BCUT2D eigenvalue weighted by Gasteiger charge is -2.29. The Morgan fingerprint density at radius 3 is 1.75 bits per heavy atom. The lowest BCUT2D eigenvalue weighted by atomic mass is 10.1. The standard InChI is InChI=1S/C27H38N4O8.CH3/c1-21(23-5-3-7-25(29-23)27(34)35)31-10-14-38-18-16-36-12-8-30(9-13-37-17-19-39-15-11-31)20-22-4-2-6-24(28-22)26(32)33;/h2-7,21H,8-20H2,1H3,(H,32,33)(H,34,35);1H3/q;+1. The quantitative estimate of drug-likeness (QED) is 0.499. The van der Waals surface area contributed by atoms with E-state index in [1.807, 2.05) is 19.1 Å². The highest BCUT2D eigenvalue weighted by Crippen LogP contribution is 2.18. The summed E-state index contributed by atoms with van der Waals surface area (Å²) >= 11 is 0. The van der Waals surface area contributed by atoms with Crippen LogP contribution in [0.15, 0.2) is 36.4 Å². The first kappa shape index (κ1) is 33.1. The molecule has 3 rings (SSSR count). The van der Waals surface area contributed by atoms with Crippen LogP contribution in [0.1, 0.15) is 45.3 Å². The maximum absolute atomic E-state index is 11.3. The van der Waals surface area contributed by atoms with Gasteiger partial charge in [-0.05, 0) is 31.2 Å².